The molecular weight excluding hydrogens is 362 g/mol. The van der Waals surface area contributed by atoms with E-state index < -0.39 is 0 Å². The Bertz CT molecular complexity index is 602. The van der Waals surface area contributed by atoms with Gasteiger partial charge in [0.2, 0.25) is 5.82 Å². The van der Waals surface area contributed by atoms with Crippen LogP contribution in [0.2, 0.25) is 0 Å². The van der Waals surface area contributed by atoms with E-state index in [0.29, 0.717) is 18.5 Å². The third-order valence-electron chi connectivity index (χ3n) is 4.10. The van der Waals surface area contributed by atoms with Crippen molar-refractivity contribution in [2.75, 3.05) is 11.4 Å². The zero-order chi connectivity index (χ0) is 15.4. The summed E-state index contributed by atoms with van der Waals surface area (Å²) in [6.07, 6.45) is 4.91. The van der Waals surface area contributed by atoms with Gasteiger partial charge in [0.05, 0.1) is 11.7 Å². The predicted octanol–water partition coefficient (Wildman–Crippen LogP) is 4.65. The van der Waals surface area contributed by atoms with Gasteiger partial charge in [0.25, 0.3) is 5.88 Å². The molecule has 22 heavy (non-hydrogen) atoms. The Kier molecular flexibility index (Phi) is 5.31. The zero-order valence-electron chi connectivity index (χ0n) is 12.7. The number of ether oxygens (including phenoxy) is 1. The van der Waals surface area contributed by atoms with Crippen LogP contribution in [0.4, 0.5) is 5.82 Å². The summed E-state index contributed by atoms with van der Waals surface area (Å²) in [5, 5.41) is 0. The minimum Gasteiger partial charge on any atom is -0.470 e. The Labute approximate surface area is 144 Å². The summed E-state index contributed by atoms with van der Waals surface area (Å²) in [7, 11) is 0. The first-order valence-corrected chi connectivity index (χ1v) is 9.26. The van der Waals surface area contributed by atoms with Crippen molar-refractivity contribution in [3.8, 4) is 5.88 Å². The molecule has 1 aliphatic rings. The Balaban J connectivity index is 1.70. The molecule has 0 radical (unpaired) electrons. The molecule has 2 heterocycles. The van der Waals surface area contributed by atoms with Crippen LogP contribution in [0.3, 0.4) is 0 Å². The molecule has 1 fully saturated rings. The van der Waals surface area contributed by atoms with E-state index in [1.807, 2.05) is 12.1 Å². The first kappa shape index (κ1) is 15.7. The van der Waals surface area contributed by atoms with Crippen molar-refractivity contribution in [2.45, 2.75) is 45.3 Å². The Morgan fingerprint density at radius 2 is 2.09 bits per heavy atom. The molecule has 1 aliphatic heterocycles. The van der Waals surface area contributed by atoms with Crippen LogP contribution in [0.15, 0.2) is 28.7 Å². The van der Waals surface area contributed by atoms with Crippen molar-refractivity contribution in [3.05, 3.63) is 34.3 Å². The second-order valence-corrected chi connectivity index (χ2v) is 7.00. The van der Waals surface area contributed by atoms with Gasteiger partial charge in [-0.25, -0.2) is 0 Å². The standard InChI is InChI=1S/C16H20BrN3OS/c1-2-14-5-3-4-10-20(14)15-16(19-22-18-15)21-11-12-6-8-13(17)9-7-12/h6-9,14H,2-5,10-11H2,1H3. The molecule has 1 aromatic carbocycles. The lowest BCUT2D eigenvalue weighted by Crippen LogP contribution is -2.39. The van der Waals surface area contributed by atoms with Gasteiger partial charge >= 0.3 is 0 Å². The van der Waals surface area contributed by atoms with Crippen LogP contribution in [0.5, 0.6) is 5.88 Å². The molecule has 0 bridgehead atoms. The van der Waals surface area contributed by atoms with Crippen molar-refractivity contribution in [1.82, 2.24) is 8.75 Å². The zero-order valence-corrected chi connectivity index (χ0v) is 15.1. The van der Waals surface area contributed by atoms with Gasteiger partial charge in [-0.15, -0.1) is 4.37 Å². The highest BCUT2D eigenvalue weighted by molar-refractivity contribution is 9.10. The number of hydrogen-bond donors (Lipinski definition) is 0. The summed E-state index contributed by atoms with van der Waals surface area (Å²) in [5.74, 6) is 1.60. The Morgan fingerprint density at radius 3 is 2.86 bits per heavy atom. The van der Waals surface area contributed by atoms with E-state index in [1.165, 1.54) is 31.0 Å². The number of benzene rings is 1. The van der Waals surface area contributed by atoms with Gasteiger partial charge in [-0.05, 0) is 43.4 Å². The van der Waals surface area contributed by atoms with Crippen LogP contribution in [0.1, 0.15) is 38.2 Å². The highest BCUT2D eigenvalue weighted by atomic mass is 79.9. The lowest BCUT2D eigenvalue weighted by Gasteiger charge is -2.35. The van der Waals surface area contributed by atoms with Gasteiger partial charge in [-0.3, -0.25) is 0 Å². The molecule has 3 rings (SSSR count). The normalized spacial score (nSPS) is 18.5. The maximum Gasteiger partial charge on any atom is 0.271 e. The monoisotopic (exact) mass is 381 g/mol. The summed E-state index contributed by atoms with van der Waals surface area (Å²) in [5.41, 5.74) is 1.13. The number of piperidine rings is 1. The second-order valence-electron chi connectivity index (χ2n) is 5.56. The molecule has 0 saturated carbocycles. The molecule has 1 unspecified atom stereocenters. The molecule has 1 saturated heterocycles. The number of hydrogen-bond acceptors (Lipinski definition) is 5. The predicted molar refractivity (Wildman–Crippen MR) is 93.7 cm³/mol. The fourth-order valence-corrected chi connectivity index (χ4v) is 3.65. The quantitative estimate of drug-likeness (QED) is 0.755. The van der Waals surface area contributed by atoms with Gasteiger partial charge < -0.3 is 9.64 Å². The van der Waals surface area contributed by atoms with Crippen LogP contribution in [0.25, 0.3) is 0 Å². The Hall–Kier alpha value is -1.14. The lowest BCUT2D eigenvalue weighted by atomic mass is 10.0. The van der Waals surface area contributed by atoms with Crippen LogP contribution in [0, 0.1) is 0 Å². The largest absolute Gasteiger partial charge is 0.470 e. The van der Waals surface area contributed by atoms with Crippen LogP contribution in [-0.2, 0) is 6.61 Å². The number of rotatable bonds is 5. The van der Waals surface area contributed by atoms with E-state index in [1.54, 1.807) is 0 Å². The second kappa shape index (κ2) is 7.42. The lowest BCUT2D eigenvalue weighted by molar-refractivity contribution is 0.294. The first-order chi connectivity index (χ1) is 10.8. The minimum absolute atomic E-state index is 0.524. The first-order valence-electron chi connectivity index (χ1n) is 7.74. The van der Waals surface area contributed by atoms with Gasteiger partial charge in [0.1, 0.15) is 6.61 Å². The summed E-state index contributed by atoms with van der Waals surface area (Å²) >= 11 is 4.68. The van der Waals surface area contributed by atoms with E-state index in [4.69, 9.17) is 4.74 Å². The van der Waals surface area contributed by atoms with Crippen LogP contribution in [-0.4, -0.2) is 21.3 Å². The number of halogens is 1. The van der Waals surface area contributed by atoms with Crippen LogP contribution < -0.4 is 9.64 Å². The molecule has 0 aliphatic carbocycles. The van der Waals surface area contributed by atoms with Crippen molar-refractivity contribution >= 4 is 33.5 Å². The maximum absolute atomic E-state index is 5.93. The summed E-state index contributed by atoms with van der Waals surface area (Å²) in [6.45, 7) is 3.82. The number of anilines is 1. The Morgan fingerprint density at radius 1 is 1.27 bits per heavy atom. The van der Waals surface area contributed by atoms with E-state index >= 15 is 0 Å². The summed E-state index contributed by atoms with van der Waals surface area (Å²) in [4.78, 5) is 2.38. The third kappa shape index (κ3) is 3.60. The van der Waals surface area contributed by atoms with Gasteiger partial charge in [0, 0.05) is 17.1 Å². The highest BCUT2D eigenvalue weighted by Crippen LogP contribution is 2.32. The average Bonchev–Trinajstić information content (AvgIpc) is 3.02. The maximum atomic E-state index is 5.93. The van der Waals surface area contributed by atoms with E-state index in [0.717, 1.165) is 28.8 Å². The van der Waals surface area contributed by atoms with Crippen molar-refractivity contribution in [3.63, 3.8) is 0 Å². The number of aromatic nitrogens is 2. The van der Waals surface area contributed by atoms with Gasteiger partial charge in [-0.1, -0.05) is 35.0 Å². The van der Waals surface area contributed by atoms with Crippen LogP contribution >= 0.6 is 27.7 Å². The molecule has 4 nitrogen and oxygen atoms in total. The molecule has 0 spiro atoms. The number of nitrogens with zero attached hydrogens (tertiary/aromatic N) is 3. The average molecular weight is 382 g/mol. The SMILES string of the molecule is CCC1CCCCN1c1nsnc1OCc1ccc(Br)cc1. The summed E-state index contributed by atoms with van der Waals surface area (Å²) in [6, 6.07) is 8.72. The van der Waals surface area contributed by atoms with Crippen molar-refractivity contribution in [2.24, 2.45) is 0 Å². The van der Waals surface area contributed by atoms with E-state index in [2.05, 4.69) is 48.6 Å². The third-order valence-corrected chi connectivity index (χ3v) is 5.13. The molecule has 0 amide bonds. The molecule has 1 atom stereocenters. The molecule has 1 aromatic heterocycles. The van der Waals surface area contributed by atoms with Crippen molar-refractivity contribution in [1.29, 1.82) is 0 Å². The smallest absolute Gasteiger partial charge is 0.271 e. The minimum atomic E-state index is 0.524. The van der Waals surface area contributed by atoms with E-state index in [-0.39, 0.29) is 0 Å². The highest BCUT2D eigenvalue weighted by Gasteiger charge is 2.26. The van der Waals surface area contributed by atoms with E-state index in [9.17, 15) is 0 Å². The summed E-state index contributed by atoms with van der Waals surface area (Å²) < 4.78 is 15.8. The molecule has 2 aromatic rings. The van der Waals surface area contributed by atoms with Crippen molar-refractivity contribution < 1.29 is 4.74 Å². The molecule has 6 heteroatoms. The molecule has 118 valence electrons. The topological polar surface area (TPSA) is 38.2 Å². The fraction of sp³-hybridized carbons (Fsp3) is 0.500. The van der Waals surface area contributed by atoms with Gasteiger partial charge in [-0.2, -0.15) is 4.37 Å². The molecular formula is C16H20BrN3OS. The van der Waals surface area contributed by atoms with Gasteiger partial charge in [0.15, 0.2) is 0 Å². The molecule has 0 N–H and O–H groups in total. The fourth-order valence-electron chi connectivity index (χ4n) is 2.88.